The molecule has 12 nitrogen and oxygen atoms in total. The van der Waals surface area contributed by atoms with Crippen molar-refractivity contribution in [3.05, 3.63) is 11.6 Å². The molecule has 314 valence electrons. The average molecular weight is 786 g/mol. The molecule has 0 aromatic rings. The molecule has 5 fully saturated rings. The van der Waals surface area contributed by atoms with Crippen LogP contribution in [0.4, 0.5) is 0 Å². The zero-order valence-electron chi connectivity index (χ0n) is 35.6. The Morgan fingerprint density at radius 3 is 1.98 bits per heavy atom. The van der Waals surface area contributed by atoms with E-state index in [-0.39, 0.29) is 51.6 Å². The van der Waals surface area contributed by atoms with E-state index in [4.69, 9.17) is 23.7 Å². The molecule has 0 spiro atoms. The Balaban J connectivity index is 1.37. The summed E-state index contributed by atoms with van der Waals surface area (Å²) < 4.78 is 28.6. The zero-order chi connectivity index (χ0) is 41.4. The Kier molecular flexibility index (Phi) is 11.2. The first-order valence-corrected chi connectivity index (χ1v) is 20.9. The fourth-order valence-corrected chi connectivity index (χ4v) is 13.3. The molecule has 0 aromatic carbocycles. The fraction of sp³-hybridized carbons (Fsp3) is 0.841. The summed E-state index contributed by atoms with van der Waals surface area (Å²) in [6, 6.07) is 0. The van der Waals surface area contributed by atoms with Crippen LogP contribution in [0.3, 0.4) is 0 Å². The quantitative estimate of drug-likeness (QED) is 0.168. The van der Waals surface area contributed by atoms with Crippen molar-refractivity contribution >= 4 is 29.8 Å². The highest BCUT2D eigenvalue weighted by atomic mass is 16.7. The van der Waals surface area contributed by atoms with Crippen LogP contribution in [0.25, 0.3) is 0 Å². The number of rotatable bonds is 7. The second kappa shape index (κ2) is 14.7. The van der Waals surface area contributed by atoms with Crippen molar-refractivity contribution in [2.75, 3.05) is 6.61 Å². The summed E-state index contributed by atoms with van der Waals surface area (Å²) in [6.07, 6.45) is 4.43. The second-order valence-electron chi connectivity index (χ2n) is 20.3. The SMILES string of the molecule is CC(=O)OC[C@H]1O[C@@H](NC(=O)[C@]23CCC(C)(C)C[C@H]2C2=CC[C@@H]4[C@@]5(C)CC[C@H](O)C(C)(C)[C@@H]5CC[C@@]4(C)[C@]2(C)CC3)[C@@H](OC(C)=O)[C@@H](OC(C)=O)[C@@H]1OC(C)=O. The first kappa shape index (κ1) is 42.6. The Morgan fingerprint density at radius 2 is 1.36 bits per heavy atom. The van der Waals surface area contributed by atoms with Gasteiger partial charge in [0.25, 0.3) is 0 Å². The van der Waals surface area contributed by atoms with E-state index >= 15 is 4.79 Å². The van der Waals surface area contributed by atoms with Gasteiger partial charge in [-0.15, -0.1) is 0 Å². The van der Waals surface area contributed by atoms with Gasteiger partial charge in [-0.25, -0.2) is 0 Å². The lowest BCUT2D eigenvalue weighted by Gasteiger charge is -2.71. The lowest BCUT2D eigenvalue weighted by atomic mass is 9.33. The van der Waals surface area contributed by atoms with Crippen LogP contribution in [-0.4, -0.2) is 78.2 Å². The molecular weight excluding hydrogens is 718 g/mol. The maximum atomic E-state index is 15.2. The maximum Gasteiger partial charge on any atom is 0.303 e. The van der Waals surface area contributed by atoms with E-state index in [0.29, 0.717) is 24.7 Å². The van der Waals surface area contributed by atoms with Crippen LogP contribution in [0.15, 0.2) is 11.6 Å². The molecular formula is C44H67NO11. The summed E-state index contributed by atoms with van der Waals surface area (Å²) in [5.41, 5.74) is 0.387. The predicted molar refractivity (Wildman–Crippen MR) is 205 cm³/mol. The number of carbonyl (C=O) groups excluding carboxylic acids is 5. The number of fused-ring (bicyclic) bond motifs is 7. The highest BCUT2D eigenvalue weighted by Crippen LogP contribution is 2.75. The molecule has 4 saturated carbocycles. The van der Waals surface area contributed by atoms with Gasteiger partial charge >= 0.3 is 23.9 Å². The van der Waals surface area contributed by atoms with Gasteiger partial charge in [-0.05, 0) is 109 Å². The van der Waals surface area contributed by atoms with Crippen molar-refractivity contribution in [1.29, 1.82) is 0 Å². The number of nitrogens with one attached hydrogen (secondary N) is 1. The largest absolute Gasteiger partial charge is 0.463 e. The number of allylic oxidation sites excluding steroid dienone is 2. The van der Waals surface area contributed by atoms with Gasteiger partial charge in [0, 0.05) is 27.7 Å². The molecule has 6 aliphatic rings. The molecule has 0 aromatic heterocycles. The van der Waals surface area contributed by atoms with Crippen LogP contribution in [0.5, 0.6) is 0 Å². The number of aliphatic hydroxyl groups is 1. The van der Waals surface area contributed by atoms with Crippen LogP contribution in [0.1, 0.15) is 140 Å². The van der Waals surface area contributed by atoms with Gasteiger partial charge in [-0.3, -0.25) is 24.0 Å². The third kappa shape index (κ3) is 7.00. The summed E-state index contributed by atoms with van der Waals surface area (Å²) in [4.78, 5) is 64.5. The van der Waals surface area contributed by atoms with Crippen LogP contribution >= 0.6 is 0 Å². The number of ether oxygens (including phenoxy) is 5. The summed E-state index contributed by atoms with van der Waals surface area (Å²) in [5.74, 6) is -2.17. The molecule has 0 bridgehead atoms. The van der Waals surface area contributed by atoms with Crippen LogP contribution in [-0.2, 0) is 47.7 Å². The minimum atomic E-state index is -1.37. The minimum absolute atomic E-state index is 0.00471. The Morgan fingerprint density at radius 1 is 0.750 bits per heavy atom. The molecule has 56 heavy (non-hydrogen) atoms. The van der Waals surface area contributed by atoms with Gasteiger partial charge in [0.05, 0.1) is 11.5 Å². The number of hydrogen-bond acceptors (Lipinski definition) is 11. The number of esters is 4. The topological polar surface area (TPSA) is 164 Å². The average Bonchev–Trinajstić information content (AvgIpc) is 3.07. The molecule has 1 amide bonds. The van der Waals surface area contributed by atoms with Gasteiger partial charge in [0.1, 0.15) is 12.7 Å². The summed E-state index contributed by atoms with van der Waals surface area (Å²) >= 11 is 0. The highest BCUT2D eigenvalue weighted by molar-refractivity contribution is 5.84. The van der Waals surface area contributed by atoms with Crippen molar-refractivity contribution in [1.82, 2.24) is 5.32 Å². The third-order valence-corrected chi connectivity index (χ3v) is 16.3. The molecule has 6 rings (SSSR count). The van der Waals surface area contributed by atoms with Crippen LogP contribution in [0, 0.1) is 50.2 Å². The van der Waals surface area contributed by atoms with E-state index in [0.717, 1.165) is 51.4 Å². The molecule has 5 aliphatic carbocycles. The molecule has 12 heteroatoms. The molecule has 2 N–H and O–H groups in total. The predicted octanol–water partition coefficient (Wildman–Crippen LogP) is 6.35. The summed E-state index contributed by atoms with van der Waals surface area (Å²) in [6.45, 7) is 21.0. The maximum absolute atomic E-state index is 15.2. The fourth-order valence-electron chi connectivity index (χ4n) is 13.3. The van der Waals surface area contributed by atoms with Crippen molar-refractivity contribution < 1.29 is 52.8 Å². The van der Waals surface area contributed by atoms with Gasteiger partial charge in [-0.2, -0.15) is 0 Å². The Hall–Kier alpha value is -2.99. The van der Waals surface area contributed by atoms with Crippen molar-refractivity contribution in [2.45, 2.75) is 177 Å². The van der Waals surface area contributed by atoms with Crippen molar-refractivity contribution in [2.24, 2.45) is 50.2 Å². The second-order valence-corrected chi connectivity index (χ2v) is 20.3. The van der Waals surface area contributed by atoms with Crippen molar-refractivity contribution in [3.63, 3.8) is 0 Å². The first-order chi connectivity index (χ1) is 25.9. The Labute approximate surface area is 332 Å². The summed E-state index contributed by atoms with van der Waals surface area (Å²) in [5, 5.41) is 14.3. The molecule has 13 atom stereocenters. The monoisotopic (exact) mass is 785 g/mol. The van der Waals surface area contributed by atoms with Gasteiger partial charge in [-0.1, -0.05) is 60.1 Å². The number of carbonyl (C=O) groups is 5. The minimum Gasteiger partial charge on any atom is -0.463 e. The Bertz CT molecular complexity index is 1640. The smallest absolute Gasteiger partial charge is 0.303 e. The third-order valence-electron chi connectivity index (χ3n) is 16.3. The zero-order valence-corrected chi connectivity index (χ0v) is 35.6. The standard InChI is InChI=1S/C44H67NO11/c1-24(46)52-23-30-34(53-25(2)47)35(54-26(3)48)36(55-27(4)49)37(56-30)45-38(51)44-20-18-39(5,6)22-29(44)28-12-13-32-41(9)16-15-33(50)40(7,8)31(41)14-17-43(32,11)42(28,10)19-21-44/h12,29-37,50H,13-23H2,1-11H3,(H,45,51)/t29-,30+,31-,32+,33-,34+,35-,36-,37+,41-,42+,43+,44-/m0/s1. The molecule has 1 saturated heterocycles. The number of amides is 1. The lowest BCUT2D eigenvalue weighted by molar-refractivity contribution is -0.258. The normalized spacial score (nSPS) is 43.5. The number of aliphatic hydroxyl groups excluding tert-OH is 1. The number of hydrogen-bond donors (Lipinski definition) is 2. The summed E-state index contributed by atoms with van der Waals surface area (Å²) in [7, 11) is 0. The molecule has 1 aliphatic heterocycles. The van der Waals surface area contributed by atoms with Crippen molar-refractivity contribution in [3.8, 4) is 0 Å². The molecule has 1 heterocycles. The van der Waals surface area contributed by atoms with E-state index in [1.54, 1.807) is 0 Å². The van der Waals surface area contributed by atoms with E-state index in [2.05, 4.69) is 59.9 Å². The molecule has 0 radical (unpaired) electrons. The van der Waals surface area contributed by atoms with E-state index in [1.807, 2.05) is 0 Å². The molecule has 0 unspecified atom stereocenters. The van der Waals surface area contributed by atoms with E-state index < -0.39 is 59.9 Å². The first-order valence-electron chi connectivity index (χ1n) is 20.9. The van der Waals surface area contributed by atoms with Gasteiger partial charge in [0.15, 0.2) is 24.5 Å². The van der Waals surface area contributed by atoms with E-state index in [9.17, 15) is 24.3 Å². The lowest BCUT2D eigenvalue weighted by Crippen LogP contribution is -2.68. The van der Waals surface area contributed by atoms with E-state index in [1.165, 1.54) is 33.3 Å². The van der Waals surface area contributed by atoms with Crippen LogP contribution in [0.2, 0.25) is 0 Å². The van der Waals surface area contributed by atoms with Gasteiger partial charge in [0.2, 0.25) is 5.91 Å². The van der Waals surface area contributed by atoms with Gasteiger partial charge < -0.3 is 34.1 Å². The van der Waals surface area contributed by atoms with Crippen LogP contribution < -0.4 is 5.32 Å². The highest BCUT2D eigenvalue weighted by Gasteiger charge is 2.69.